The van der Waals surface area contributed by atoms with Crippen LogP contribution in [0, 0.1) is 0 Å². The van der Waals surface area contributed by atoms with Gasteiger partial charge in [0.05, 0.1) is 11.4 Å². The molecule has 0 saturated carbocycles. The van der Waals surface area contributed by atoms with E-state index in [4.69, 9.17) is 0 Å². The van der Waals surface area contributed by atoms with E-state index in [1.165, 1.54) is 4.90 Å². The number of rotatable bonds is 3. The van der Waals surface area contributed by atoms with Crippen molar-refractivity contribution < 1.29 is 0 Å². The quantitative estimate of drug-likeness (QED) is 0.876. The molecule has 3 rings (SSSR count). The third kappa shape index (κ3) is 2.47. The summed E-state index contributed by atoms with van der Waals surface area (Å²) in [6.07, 6.45) is 0. The third-order valence-corrected chi connectivity index (χ3v) is 4.75. The zero-order valence-electron chi connectivity index (χ0n) is 9.68. The van der Waals surface area contributed by atoms with E-state index in [1.54, 1.807) is 23.5 Å². The van der Waals surface area contributed by atoms with Crippen LogP contribution in [0.1, 0.15) is 17.1 Å². The summed E-state index contributed by atoms with van der Waals surface area (Å²) in [5, 5.41) is 0. The monoisotopic (exact) mass is 276 g/mol. The maximum Gasteiger partial charge on any atom is 0.255 e. The summed E-state index contributed by atoms with van der Waals surface area (Å²) >= 11 is 3.44. The summed E-state index contributed by atoms with van der Waals surface area (Å²) in [4.78, 5) is 20.4. The lowest BCUT2D eigenvalue weighted by atomic mass is 10.3. The standard InChI is InChI=1S/C13H12N2OS2/c16-13-10-6-17-7-11(10)14-12(15-13)8-18-9-4-2-1-3-5-9/h1-5H,6-8H2,(H,14,15,16). The van der Waals surface area contributed by atoms with Crippen LogP contribution in [0.15, 0.2) is 40.0 Å². The number of nitrogens with zero attached hydrogens (tertiary/aromatic N) is 1. The fourth-order valence-electron chi connectivity index (χ4n) is 1.85. The summed E-state index contributed by atoms with van der Waals surface area (Å²) in [5.74, 6) is 3.14. The lowest BCUT2D eigenvalue weighted by Crippen LogP contribution is -2.16. The van der Waals surface area contributed by atoms with Gasteiger partial charge in [0.15, 0.2) is 0 Å². The lowest BCUT2D eigenvalue weighted by molar-refractivity contribution is 0.943. The van der Waals surface area contributed by atoms with Gasteiger partial charge in [-0.05, 0) is 12.1 Å². The molecule has 1 aliphatic heterocycles. The molecule has 0 radical (unpaired) electrons. The summed E-state index contributed by atoms with van der Waals surface area (Å²) in [6, 6.07) is 10.1. The largest absolute Gasteiger partial charge is 0.310 e. The Morgan fingerprint density at radius 1 is 1.28 bits per heavy atom. The predicted molar refractivity (Wildman–Crippen MR) is 75.9 cm³/mol. The highest BCUT2D eigenvalue weighted by Crippen LogP contribution is 2.26. The Balaban J connectivity index is 1.78. The number of benzene rings is 1. The van der Waals surface area contributed by atoms with E-state index in [-0.39, 0.29) is 5.56 Å². The molecule has 0 spiro atoms. The van der Waals surface area contributed by atoms with Gasteiger partial charge in [0.2, 0.25) is 0 Å². The van der Waals surface area contributed by atoms with Crippen molar-refractivity contribution in [2.45, 2.75) is 22.2 Å². The second-order valence-electron chi connectivity index (χ2n) is 4.03. The number of thioether (sulfide) groups is 2. The maximum absolute atomic E-state index is 11.8. The summed E-state index contributed by atoms with van der Waals surface area (Å²) in [7, 11) is 0. The zero-order chi connectivity index (χ0) is 12.4. The molecule has 5 heteroatoms. The molecule has 0 aliphatic carbocycles. The van der Waals surface area contributed by atoms with Gasteiger partial charge < -0.3 is 4.98 Å². The molecule has 0 saturated heterocycles. The van der Waals surface area contributed by atoms with Crippen LogP contribution < -0.4 is 5.56 Å². The van der Waals surface area contributed by atoms with Crippen LogP contribution in [0.2, 0.25) is 0 Å². The van der Waals surface area contributed by atoms with Crippen LogP contribution in [-0.2, 0) is 17.3 Å². The molecule has 0 unspecified atom stereocenters. The average molecular weight is 276 g/mol. The molecular formula is C13H12N2OS2. The first-order valence-corrected chi connectivity index (χ1v) is 7.83. The minimum Gasteiger partial charge on any atom is -0.310 e. The molecule has 1 N–H and O–H groups in total. The number of hydrogen-bond donors (Lipinski definition) is 1. The minimum atomic E-state index is 0.0358. The normalized spacial score (nSPS) is 13.6. The molecular weight excluding hydrogens is 264 g/mol. The van der Waals surface area contributed by atoms with E-state index < -0.39 is 0 Å². The van der Waals surface area contributed by atoms with Gasteiger partial charge in [-0.25, -0.2) is 4.98 Å². The van der Waals surface area contributed by atoms with Crippen molar-refractivity contribution in [2.24, 2.45) is 0 Å². The Bertz CT molecular complexity index is 610. The van der Waals surface area contributed by atoms with E-state index >= 15 is 0 Å². The number of hydrogen-bond acceptors (Lipinski definition) is 4. The molecule has 0 fully saturated rings. The Hall–Kier alpha value is -1.20. The number of H-pyrrole nitrogens is 1. The maximum atomic E-state index is 11.8. The van der Waals surface area contributed by atoms with E-state index in [9.17, 15) is 4.79 Å². The number of aromatic nitrogens is 2. The Kier molecular flexibility index (Phi) is 3.43. The first-order chi connectivity index (χ1) is 8.83. The van der Waals surface area contributed by atoms with Gasteiger partial charge >= 0.3 is 0 Å². The van der Waals surface area contributed by atoms with Gasteiger partial charge in [0.25, 0.3) is 5.56 Å². The van der Waals surface area contributed by atoms with Gasteiger partial charge in [-0.3, -0.25) is 4.79 Å². The minimum absolute atomic E-state index is 0.0358. The van der Waals surface area contributed by atoms with E-state index in [2.05, 4.69) is 22.1 Å². The number of aromatic amines is 1. The topological polar surface area (TPSA) is 45.8 Å². The second kappa shape index (κ2) is 5.20. The van der Waals surface area contributed by atoms with Crippen molar-refractivity contribution in [3.63, 3.8) is 0 Å². The second-order valence-corrected chi connectivity index (χ2v) is 6.07. The number of fused-ring (bicyclic) bond motifs is 1. The molecule has 92 valence electrons. The van der Waals surface area contributed by atoms with Crippen molar-refractivity contribution in [2.75, 3.05) is 0 Å². The summed E-state index contributed by atoms with van der Waals surface area (Å²) < 4.78 is 0. The van der Waals surface area contributed by atoms with Gasteiger partial charge in [-0.2, -0.15) is 11.8 Å². The molecule has 2 heterocycles. The third-order valence-electron chi connectivity index (χ3n) is 2.75. The van der Waals surface area contributed by atoms with Crippen LogP contribution in [0.5, 0.6) is 0 Å². The Morgan fingerprint density at radius 2 is 2.11 bits per heavy atom. The van der Waals surface area contributed by atoms with Crippen LogP contribution in [0.25, 0.3) is 0 Å². The molecule has 1 aliphatic rings. The zero-order valence-corrected chi connectivity index (χ0v) is 11.3. The Labute approximate surface area is 113 Å². The summed E-state index contributed by atoms with van der Waals surface area (Å²) in [6.45, 7) is 0. The highest BCUT2D eigenvalue weighted by Gasteiger charge is 2.17. The van der Waals surface area contributed by atoms with Crippen molar-refractivity contribution in [3.8, 4) is 0 Å². The Morgan fingerprint density at radius 3 is 2.94 bits per heavy atom. The van der Waals surface area contributed by atoms with Crippen molar-refractivity contribution in [1.29, 1.82) is 0 Å². The summed E-state index contributed by atoms with van der Waals surface area (Å²) in [5.41, 5.74) is 1.86. The SMILES string of the molecule is O=c1[nH]c(CSc2ccccc2)nc2c1CSC2. The van der Waals surface area contributed by atoms with Gasteiger partial charge in [0.1, 0.15) is 5.82 Å². The average Bonchev–Trinajstić information content (AvgIpc) is 2.86. The lowest BCUT2D eigenvalue weighted by Gasteiger charge is -2.03. The number of nitrogens with one attached hydrogen (secondary N) is 1. The van der Waals surface area contributed by atoms with Gasteiger partial charge in [-0.1, -0.05) is 18.2 Å². The molecule has 0 atom stereocenters. The molecule has 18 heavy (non-hydrogen) atoms. The fraction of sp³-hybridized carbons (Fsp3) is 0.231. The smallest absolute Gasteiger partial charge is 0.255 e. The fourth-order valence-corrected chi connectivity index (χ4v) is 3.68. The molecule has 0 amide bonds. The van der Waals surface area contributed by atoms with Crippen LogP contribution in [0.3, 0.4) is 0 Å². The van der Waals surface area contributed by atoms with Crippen LogP contribution >= 0.6 is 23.5 Å². The van der Waals surface area contributed by atoms with E-state index in [0.29, 0.717) is 5.75 Å². The highest BCUT2D eigenvalue weighted by atomic mass is 32.2. The van der Waals surface area contributed by atoms with Crippen molar-refractivity contribution >= 4 is 23.5 Å². The first-order valence-electron chi connectivity index (χ1n) is 5.69. The van der Waals surface area contributed by atoms with Crippen molar-refractivity contribution in [1.82, 2.24) is 9.97 Å². The molecule has 3 nitrogen and oxygen atoms in total. The van der Waals surface area contributed by atoms with E-state index in [1.807, 2.05) is 18.2 Å². The van der Waals surface area contributed by atoms with Crippen LogP contribution in [0.4, 0.5) is 0 Å². The predicted octanol–water partition coefficient (Wildman–Crippen LogP) is 2.81. The van der Waals surface area contributed by atoms with Crippen LogP contribution in [-0.4, -0.2) is 9.97 Å². The van der Waals surface area contributed by atoms with Gasteiger partial charge in [0, 0.05) is 22.0 Å². The molecule has 1 aromatic heterocycles. The molecule has 1 aromatic carbocycles. The molecule has 0 bridgehead atoms. The highest BCUT2D eigenvalue weighted by molar-refractivity contribution is 7.98. The van der Waals surface area contributed by atoms with Crippen molar-refractivity contribution in [3.05, 3.63) is 57.8 Å². The van der Waals surface area contributed by atoms with E-state index in [0.717, 1.165) is 28.6 Å². The van der Waals surface area contributed by atoms with Gasteiger partial charge in [-0.15, -0.1) is 11.8 Å². The molecule has 2 aromatic rings. The first kappa shape index (κ1) is 11.9.